The monoisotopic (exact) mass is 350 g/mol. The van der Waals surface area contributed by atoms with E-state index in [1.807, 2.05) is 24.3 Å². The molecule has 1 amide bonds. The Morgan fingerprint density at radius 1 is 1.25 bits per heavy atom. The van der Waals surface area contributed by atoms with Crippen LogP contribution in [0.1, 0.15) is 25.7 Å². The molecule has 1 saturated heterocycles. The first-order valence-electron chi connectivity index (χ1n) is 8.64. The molecular weight excluding hydrogens is 324 g/mol. The van der Waals surface area contributed by atoms with E-state index in [1.54, 1.807) is 18.9 Å². The summed E-state index contributed by atoms with van der Waals surface area (Å²) in [5.41, 5.74) is 0. The summed E-state index contributed by atoms with van der Waals surface area (Å²) >= 11 is 1.54. The average molecular weight is 350 g/mol. The van der Waals surface area contributed by atoms with Gasteiger partial charge in [0.05, 0.1) is 12.9 Å². The van der Waals surface area contributed by atoms with Crippen LogP contribution in [0.2, 0.25) is 0 Å². The summed E-state index contributed by atoms with van der Waals surface area (Å²) in [6, 6.07) is 9.03. The minimum atomic E-state index is 0.103. The Morgan fingerprint density at radius 2 is 2.04 bits per heavy atom. The van der Waals surface area contributed by atoms with Crippen LogP contribution in [0, 0.1) is 0 Å². The molecule has 0 bridgehead atoms. The second-order valence-electron chi connectivity index (χ2n) is 6.38. The maximum atomic E-state index is 12.2. The van der Waals surface area contributed by atoms with E-state index in [2.05, 4.69) is 10.6 Å². The largest absolute Gasteiger partial charge is 0.497 e. The average Bonchev–Trinajstić information content (AvgIpc) is 2.62. The molecule has 2 fully saturated rings. The summed E-state index contributed by atoms with van der Waals surface area (Å²) in [5.74, 6) is 1.36. The molecule has 3 rings (SSSR count). The van der Waals surface area contributed by atoms with Gasteiger partial charge in [-0.3, -0.25) is 4.79 Å². The third-order valence-electron chi connectivity index (χ3n) is 4.70. The molecule has 1 aliphatic heterocycles. The van der Waals surface area contributed by atoms with Gasteiger partial charge in [0.25, 0.3) is 0 Å². The number of rotatable bonds is 7. The molecule has 5 nitrogen and oxygen atoms in total. The van der Waals surface area contributed by atoms with E-state index < -0.39 is 0 Å². The van der Waals surface area contributed by atoms with E-state index in [0.717, 1.165) is 49.5 Å². The highest BCUT2D eigenvalue weighted by atomic mass is 32.2. The van der Waals surface area contributed by atoms with E-state index >= 15 is 0 Å². The van der Waals surface area contributed by atoms with Gasteiger partial charge in [0, 0.05) is 36.2 Å². The van der Waals surface area contributed by atoms with Gasteiger partial charge in [-0.2, -0.15) is 0 Å². The lowest BCUT2D eigenvalue weighted by Gasteiger charge is -2.41. The zero-order valence-corrected chi connectivity index (χ0v) is 14.9. The molecule has 0 unspecified atom stereocenters. The number of amides is 1. The number of carbonyl (C=O) groups is 1. The van der Waals surface area contributed by atoms with Gasteiger partial charge in [-0.05, 0) is 43.9 Å². The Bertz CT molecular complexity index is 549. The van der Waals surface area contributed by atoms with Gasteiger partial charge in [0.15, 0.2) is 0 Å². The summed E-state index contributed by atoms with van der Waals surface area (Å²) in [4.78, 5) is 13.3. The van der Waals surface area contributed by atoms with Crippen molar-refractivity contribution in [3.05, 3.63) is 24.3 Å². The molecule has 2 N–H and O–H groups in total. The van der Waals surface area contributed by atoms with E-state index in [4.69, 9.17) is 9.47 Å². The van der Waals surface area contributed by atoms with Crippen molar-refractivity contribution in [2.75, 3.05) is 26.1 Å². The second-order valence-corrected chi connectivity index (χ2v) is 7.43. The fourth-order valence-electron chi connectivity index (χ4n) is 3.13. The fraction of sp³-hybridized carbons (Fsp3) is 0.611. The zero-order chi connectivity index (χ0) is 16.8. The predicted molar refractivity (Wildman–Crippen MR) is 95.6 cm³/mol. The topological polar surface area (TPSA) is 59.6 Å². The number of carbonyl (C=O) groups excluding carboxylic acids is 1. The zero-order valence-electron chi connectivity index (χ0n) is 14.1. The van der Waals surface area contributed by atoms with Crippen LogP contribution >= 0.6 is 11.8 Å². The van der Waals surface area contributed by atoms with Crippen LogP contribution in [0.25, 0.3) is 0 Å². The molecular formula is C18H26N2O3S. The first-order valence-corrected chi connectivity index (χ1v) is 9.63. The van der Waals surface area contributed by atoms with Crippen molar-refractivity contribution in [1.82, 2.24) is 10.6 Å². The lowest BCUT2D eigenvalue weighted by molar-refractivity contribution is -0.120. The molecule has 132 valence electrons. The molecule has 2 aliphatic rings. The van der Waals surface area contributed by atoms with Gasteiger partial charge < -0.3 is 20.1 Å². The highest BCUT2D eigenvalue weighted by Gasteiger charge is 2.33. The number of nitrogens with one attached hydrogen (secondary N) is 2. The van der Waals surface area contributed by atoms with Crippen molar-refractivity contribution < 1.29 is 14.3 Å². The molecule has 1 aromatic carbocycles. The minimum Gasteiger partial charge on any atom is -0.497 e. The second kappa shape index (κ2) is 8.74. The van der Waals surface area contributed by atoms with Crippen molar-refractivity contribution in [3.8, 4) is 5.75 Å². The maximum absolute atomic E-state index is 12.2. The van der Waals surface area contributed by atoms with Gasteiger partial charge in [-0.25, -0.2) is 0 Å². The first kappa shape index (κ1) is 17.6. The molecule has 6 heteroatoms. The van der Waals surface area contributed by atoms with Crippen LogP contribution in [-0.4, -0.2) is 50.1 Å². The Balaban J connectivity index is 1.39. The molecule has 2 atom stereocenters. The number of methoxy groups -OCH3 is 1. The van der Waals surface area contributed by atoms with Gasteiger partial charge in [-0.15, -0.1) is 11.8 Å². The Labute approximate surface area is 147 Å². The molecule has 1 aliphatic carbocycles. The van der Waals surface area contributed by atoms with Crippen molar-refractivity contribution >= 4 is 17.7 Å². The normalized spacial score (nSPS) is 24.2. The maximum Gasteiger partial charge on any atom is 0.230 e. The number of hydrogen-bond acceptors (Lipinski definition) is 5. The van der Waals surface area contributed by atoms with Crippen molar-refractivity contribution in [2.45, 2.75) is 48.7 Å². The Hall–Kier alpha value is -1.24. The van der Waals surface area contributed by atoms with Crippen molar-refractivity contribution in [2.24, 2.45) is 0 Å². The molecule has 1 heterocycles. The highest BCUT2D eigenvalue weighted by molar-refractivity contribution is 8.00. The highest BCUT2D eigenvalue weighted by Crippen LogP contribution is 2.24. The van der Waals surface area contributed by atoms with E-state index in [-0.39, 0.29) is 11.9 Å². The summed E-state index contributed by atoms with van der Waals surface area (Å²) < 4.78 is 10.6. The van der Waals surface area contributed by atoms with Gasteiger partial charge in [-0.1, -0.05) is 6.07 Å². The van der Waals surface area contributed by atoms with E-state index in [1.165, 1.54) is 0 Å². The number of thioether (sulfide) groups is 1. The van der Waals surface area contributed by atoms with Gasteiger partial charge >= 0.3 is 0 Å². The summed E-state index contributed by atoms with van der Waals surface area (Å²) in [6.07, 6.45) is 4.35. The van der Waals surface area contributed by atoms with Crippen LogP contribution in [0.3, 0.4) is 0 Å². The SMILES string of the molecule is COc1cccc(SCC(=O)N[C@@H]2CC[C@@H]2NC2CCOCC2)c1. The summed E-state index contributed by atoms with van der Waals surface area (Å²) in [6.45, 7) is 1.69. The lowest BCUT2D eigenvalue weighted by Crippen LogP contribution is -2.59. The smallest absolute Gasteiger partial charge is 0.230 e. The predicted octanol–water partition coefficient (Wildman–Crippen LogP) is 2.20. The van der Waals surface area contributed by atoms with Crippen LogP contribution in [0.5, 0.6) is 5.75 Å². The Kier molecular flexibility index (Phi) is 6.40. The number of hydrogen-bond donors (Lipinski definition) is 2. The fourth-order valence-corrected chi connectivity index (χ4v) is 3.88. The van der Waals surface area contributed by atoms with Gasteiger partial charge in [0.1, 0.15) is 5.75 Å². The summed E-state index contributed by atoms with van der Waals surface area (Å²) in [5, 5.41) is 6.85. The van der Waals surface area contributed by atoms with Crippen LogP contribution in [0.4, 0.5) is 0 Å². The number of ether oxygens (including phenoxy) is 2. The Morgan fingerprint density at radius 3 is 2.75 bits per heavy atom. The molecule has 0 spiro atoms. The van der Waals surface area contributed by atoms with Crippen LogP contribution in [0.15, 0.2) is 29.2 Å². The molecule has 1 saturated carbocycles. The molecule has 1 aromatic rings. The van der Waals surface area contributed by atoms with Crippen LogP contribution < -0.4 is 15.4 Å². The molecule has 0 aromatic heterocycles. The third-order valence-corrected chi connectivity index (χ3v) is 5.70. The molecule has 0 radical (unpaired) electrons. The quantitative estimate of drug-likeness (QED) is 0.739. The van der Waals surface area contributed by atoms with E-state index in [9.17, 15) is 4.79 Å². The van der Waals surface area contributed by atoms with Crippen molar-refractivity contribution in [3.63, 3.8) is 0 Å². The van der Waals surface area contributed by atoms with E-state index in [0.29, 0.717) is 17.8 Å². The standard InChI is InChI=1S/C18H26N2O3S/c1-22-14-3-2-4-15(11-14)24-12-18(21)20-17-6-5-16(17)19-13-7-9-23-10-8-13/h2-4,11,13,16-17,19H,5-10,12H2,1H3,(H,20,21)/t16-,17+/m0/s1. The third kappa shape index (κ3) is 4.88. The first-order chi connectivity index (χ1) is 11.7. The minimum absolute atomic E-state index is 0.103. The van der Waals surface area contributed by atoms with Crippen LogP contribution in [-0.2, 0) is 9.53 Å². The molecule has 24 heavy (non-hydrogen) atoms. The summed E-state index contributed by atoms with van der Waals surface area (Å²) in [7, 11) is 1.65. The lowest BCUT2D eigenvalue weighted by atomic mass is 9.85. The van der Waals surface area contributed by atoms with Crippen molar-refractivity contribution in [1.29, 1.82) is 0 Å². The number of benzene rings is 1. The van der Waals surface area contributed by atoms with Gasteiger partial charge in [0.2, 0.25) is 5.91 Å².